The van der Waals surface area contributed by atoms with Gasteiger partial charge in [0.25, 0.3) is 0 Å². The second kappa shape index (κ2) is 8.96. The second-order valence-electron chi connectivity index (χ2n) is 6.74. The molecule has 0 atom stereocenters. The summed E-state index contributed by atoms with van der Waals surface area (Å²) in [5.41, 5.74) is 0.817. The first-order chi connectivity index (χ1) is 15.3. The highest BCUT2D eigenvalue weighted by atomic mass is 35.5. The van der Waals surface area contributed by atoms with E-state index in [1.807, 2.05) is 0 Å². The standard InChI is InChI=1S/C23H12Cl4N2O3/c24-15-7-5-11(9-17(15)26)28-23(29-12-6-8-16(25)18(27)10-12)19-20(30)13-3-1-2-4-14(13)21(31)22(19)32/h1-10,30H,(H,28,29). The molecule has 3 aromatic rings. The molecule has 32 heavy (non-hydrogen) atoms. The monoisotopic (exact) mass is 504 g/mol. The molecule has 0 aromatic heterocycles. The maximum Gasteiger partial charge on any atom is 0.241 e. The quantitative estimate of drug-likeness (QED) is 0.224. The minimum Gasteiger partial charge on any atom is -0.506 e. The van der Waals surface area contributed by atoms with Crippen LogP contribution in [0.1, 0.15) is 15.9 Å². The number of Topliss-reactive ketones (excluding diaryl/α,β-unsaturated/α-hetero) is 2. The Balaban J connectivity index is 1.91. The number of rotatable bonds is 3. The summed E-state index contributed by atoms with van der Waals surface area (Å²) in [4.78, 5) is 30.1. The zero-order valence-electron chi connectivity index (χ0n) is 16.0. The lowest BCUT2D eigenvalue weighted by atomic mass is 9.88. The van der Waals surface area contributed by atoms with Gasteiger partial charge in [0.05, 0.1) is 25.8 Å². The van der Waals surface area contributed by atoms with Gasteiger partial charge in [-0.1, -0.05) is 70.7 Å². The molecule has 0 spiro atoms. The van der Waals surface area contributed by atoms with Crippen molar-refractivity contribution in [3.8, 4) is 0 Å². The number of aliphatic imine (C=N–C) groups is 1. The molecule has 5 nitrogen and oxygen atoms in total. The lowest BCUT2D eigenvalue weighted by molar-refractivity contribution is -0.111. The van der Waals surface area contributed by atoms with Crippen LogP contribution in [0.25, 0.3) is 5.76 Å². The van der Waals surface area contributed by atoms with E-state index < -0.39 is 11.6 Å². The summed E-state index contributed by atoms with van der Waals surface area (Å²) in [5, 5.41) is 15.0. The molecule has 4 rings (SSSR count). The fraction of sp³-hybridized carbons (Fsp3) is 0. The van der Waals surface area contributed by atoms with Crippen molar-refractivity contribution in [1.29, 1.82) is 0 Å². The summed E-state index contributed by atoms with van der Waals surface area (Å²) in [6, 6.07) is 15.6. The summed E-state index contributed by atoms with van der Waals surface area (Å²) >= 11 is 24.2. The van der Waals surface area contributed by atoms with Crippen LogP contribution in [0.15, 0.2) is 71.2 Å². The number of hydrogen-bond donors (Lipinski definition) is 2. The Morgan fingerprint density at radius 2 is 1.38 bits per heavy atom. The van der Waals surface area contributed by atoms with Crippen molar-refractivity contribution in [2.24, 2.45) is 4.99 Å². The molecule has 1 aliphatic rings. The fourth-order valence-corrected chi connectivity index (χ4v) is 3.72. The van der Waals surface area contributed by atoms with Crippen molar-refractivity contribution in [2.45, 2.75) is 0 Å². The van der Waals surface area contributed by atoms with Crippen molar-refractivity contribution < 1.29 is 14.7 Å². The molecular formula is C23H12Cl4N2O3. The molecular weight excluding hydrogens is 494 g/mol. The second-order valence-corrected chi connectivity index (χ2v) is 8.37. The van der Waals surface area contributed by atoms with E-state index in [1.54, 1.807) is 36.4 Å². The summed E-state index contributed by atoms with van der Waals surface area (Å²) in [5.74, 6) is -2.12. The molecule has 0 saturated carbocycles. The van der Waals surface area contributed by atoms with Crippen LogP contribution >= 0.6 is 46.4 Å². The van der Waals surface area contributed by atoms with E-state index in [9.17, 15) is 14.7 Å². The fourth-order valence-electron chi connectivity index (χ4n) is 3.13. The lowest BCUT2D eigenvalue weighted by Gasteiger charge is -2.20. The molecule has 3 aromatic carbocycles. The Morgan fingerprint density at radius 3 is 2.03 bits per heavy atom. The van der Waals surface area contributed by atoms with E-state index in [1.165, 1.54) is 24.3 Å². The summed E-state index contributed by atoms with van der Waals surface area (Å²) in [6.45, 7) is 0. The number of nitrogens with one attached hydrogen (secondary N) is 1. The van der Waals surface area contributed by atoms with Gasteiger partial charge in [0.1, 0.15) is 17.2 Å². The van der Waals surface area contributed by atoms with Gasteiger partial charge in [0, 0.05) is 16.8 Å². The summed E-state index contributed by atoms with van der Waals surface area (Å²) in [7, 11) is 0. The topological polar surface area (TPSA) is 78.8 Å². The van der Waals surface area contributed by atoms with Gasteiger partial charge in [-0.25, -0.2) is 4.99 Å². The normalized spacial score (nSPS) is 13.9. The highest BCUT2D eigenvalue weighted by molar-refractivity contribution is 6.58. The van der Waals surface area contributed by atoms with Crippen LogP contribution < -0.4 is 5.32 Å². The average molecular weight is 506 g/mol. The van der Waals surface area contributed by atoms with E-state index >= 15 is 0 Å². The summed E-state index contributed by atoms with van der Waals surface area (Å²) in [6.07, 6.45) is 0. The van der Waals surface area contributed by atoms with Gasteiger partial charge in [-0.15, -0.1) is 0 Å². The first-order valence-corrected chi connectivity index (χ1v) is 10.7. The Morgan fingerprint density at radius 1 is 0.750 bits per heavy atom. The first-order valence-electron chi connectivity index (χ1n) is 9.14. The van der Waals surface area contributed by atoms with Gasteiger partial charge in [-0.2, -0.15) is 0 Å². The van der Waals surface area contributed by atoms with Gasteiger partial charge in [0.15, 0.2) is 0 Å². The minimum absolute atomic E-state index is 0.0767. The SMILES string of the molecule is O=C1C(=O)c2ccccc2C(O)=C1C(=Nc1ccc(Cl)c(Cl)c1)Nc1ccc(Cl)c(Cl)c1. The van der Waals surface area contributed by atoms with Crippen LogP contribution in [0, 0.1) is 0 Å². The molecule has 9 heteroatoms. The number of amidine groups is 1. The number of hydrogen-bond acceptors (Lipinski definition) is 4. The van der Waals surface area contributed by atoms with Crippen LogP contribution in [0.3, 0.4) is 0 Å². The van der Waals surface area contributed by atoms with Crippen LogP contribution in [0.2, 0.25) is 20.1 Å². The Kier molecular flexibility index (Phi) is 6.26. The molecule has 0 saturated heterocycles. The van der Waals surface area contributed by atoms with Crippen LogP contribution in [0.4, 0.5) is 11.4 Å². The summed E-state index contributed by atoms with van der Waals surface area (Å²) < 4.78 is 0. The molecule has 0 fully saturated rings. The number of ketones is 2. The smallest absolute Gasteiger partial charge is 0.241 e. The molecule has 0 heterocycles. The molecule has 0 radical (unpaired) electrons. The number of carbonyl (C=O) groups is 2. The van der Waals surface area contributed by atoms with Crippen molar-refractivity contribution in [1.82, 2.24) is 0 Å². The van der Waals surface area contributed by atoms with Crippen LogP contribution in [0.5, 0.6) is 0 Å². The first kappa shape index (κ1) is 22.4. The number of anilines is 1. The number of benzene rings is 3. The molecule has 0 amide bonds. The van der Waals surface area contributed by atoms with E-state index in [4.69, 9.17) is 46.4 Å². The highest BCUT2D eigenvalue weighted by Gasteiger charge is 2.35. The lowest BCUT2D eigenvalue weighted by Crippen LogP contribution is -2.31. The highest BCUT2D eigenvalue weighted by Crippen LogP contribution is 2.32. The number of halogens is 4. The number of carbonyl (C=O) groups excluding carboxylic acids is 2. The Labute approximate surface area is 202 Å². The van der Waals surface area contributed by atoms with Gasteiger partial charge in [-0.05, 0) is 36.4 Å². The molecule has 1 aliphatic carbocycles. The maximum atomic E-state index is 13.0. The zero-order chi connectivity index (χ0) is 23.0. The van der Waals surface area contributed by atoms with Crippen molar-refractivity contribution in [2.75, 3.05) is 5.32 Å². The molecule has 0 aliphatic heterocycles. The van der Waals surface area contributed by atoms with Crippen LogP contribution in [-0.4, -0.2) is 22.5 Å². The van der Waals surface area contributed by atoms with E-state index in [2.05, 4.69) is 10.3 Å². The van der Waals surface area contributed by atoms with Crippen molar-refractivity contribution >= 4 is 80.9 Å². The molecule has 0 unspecified atom stereocenters. The van der Waals surface area contributed by atoms with Gasteiger partial charge in [-0.3, -0.25) is 9.59 Å². The zero-order valence-corrected chi connectivity index (χ0v) is 19.0. The van der Waals surface area contributed by atoms with Crippen LogP contribution in [-0.2, 0) is 4.79 Å². The molecule has 2 N–H and O–H groups in total. The number of aliphatic hydroxyl groups excluding tert-OH is 1. The average Bonchev–Trinajstić information content (AvgIpc) is 2.77. The predicted molar refractivity (Wildman–Crippen MR) is 129 cm³/mol. The van der Waals surface area contributed by atoms with Crippen molar-refractivity contribution in [3.05, 3.63) is 97.5 Å². The largest absolute Gasteiger partial charge is 0.506 e. The third-order valence-corrected chi connectivity index (χ3v) is 6.14. The third-order valence-electron chi connectivity index (χ3n) is 4.66. The third kappa shape index (κ3) is 4.25. The molecule has 0 bridgehead atoms. The number of fused-ring (bicyclic) bond motifs is 1. The van der Waals surface area contributed by atoms with Gasteiger partial charge >= 0.3 is 0 Å². The number of aliphatic hydroxyl groups is 1. The number of nitrogens with zero attached hydrogens (tertiary/aromatic N) is 1. The van der Waals surface area contributed by atoms with E-state index in [0.29, 0.717) is 21.4 Å². The van der Waals surface area contributed by atoms with E-state index in [0.717, 1.165) is 0 Å². The van der Waals surface area contributed by atoms with Crippen molar-refractivity contribution in [3.63, 3.8) is 0 Å². The van der Waals surface area contributed by atoms with Gasteiger partial charge < -0.3 is 10.4 Å². The Hall–Kier alpha value is -2.83. The Bertz CT molecular complexity index is 1350. The predicted octanol–water partition coefficient (Wildman–Crippen LogP) is 7.18. The molecule has 160 valence electrons. The van der Waals surface area contributed by atoms with Gasteiger partial charge in [0.2, 0.25) is 11.6 Å². The maximum absolute atomic E-state index is 13.0. The minimum atomic E-state index is -0.910. The van der Waals surface area contributed by atoms with E-state index in [-0.39, 0.29) is 38.3 Å².